The predicted octanol–water partition coefficient (Wildman–Crippen LogP) is 4.83. The van der Waals surface area contributed by atoms with Gasteiger partial charge in [0.25, 0.3) is 0 Å². The third-order valence-corrected chi connectivity index (χ3v) is 4.34. The Balaban J connectivity index is 2.03. The molecule has 0 amide bonds. The lowest BCUT2D eigenvalue weighted by Crippen LogP contribution is -2.07. The number of nitrogens with zero attached hydrogens (tertiary/aromatic N) is 2. The summed E-state index contributed by atoms with van der Waals surface area (Å²) in [4.78, 5) is 6.96. The Kier molecular flexibility index (Phi) is 3.35. The Hall–Kier alpha value is -3.07. The van der Waals surface area contributed by atoms with Crippen LogP contribution in [0.2, 0.25) is 0 Å². The van der Waals surface area contributed by atoms with E-state index in [2.05, 4.69) is 29.2 Å². The average molecular weight is 314 g/mol. The van der Waals surface area contributed by atoms with Gasteiger partial charge in [0, 0.05) is 36.1 Å². The largest absolute Gasteiger partial charge is 0.508 e. The van der Waals surface area contributed by atoms with Crippen LogP contribution in [0.4, 0.5) is 5.69 Å². The van der Waals surface area contributed by atoms with Gasteiger partial charge in [-0.25, -0.2) is 4.98 Å². The van der Waals surface area contributed by atoms with E-state index in [1.54, 1.807) is 6.07 Å². The second kappa shape index (κ2) is 5.53. The number of aromatic hydroxyl groups is 1. The fourth-order valence-corrected chi connectivity index (χ4v) is 3.08. The maximum atomic E-state index is 9.92. The molecule has 0 radical (unpaired) electrons. The van der Waals surface area contributed by atoms with Gasteiger partial charge in [-0.1, -0.05) is 30.3 Å². The molecule has 4 aromatic rings. The van der Waals surface area contributed by atoms with Gasteiger partial charge in [-0.05, 0) is 41.8 Å². The highest BCUT2D eigenvalue weighted by Gasteiger charge is 2.11. The van der Waals surface area contributed by atoms with Crippen LogP contribution >= 0.6 is 0 Å². The van der Waals surface area contributed by atoms with Gasteiger partial charge in [-0.3, -0.25) is 0 Å². The van der Waals surface area contributed by atoms with Gasteiger partial charge >= 0.3 is 0 Å². The lowest BCUT2D eigenvalue weighted by atomic mass is 9.99. The molecule has 0 aliphatic heterocycles. The van der Waals surface area contributed by atoms with Crippen molar-refractivity contribution in [2.24, 2.45) is 0 Å². The third kappa shape index (κ3) is 2.35. The zero-order valence-electron chi connectivity index (χ0n) is 13.7. The van der Waals surface area contributed by atoms with E-state index in [-0.39, 0.29) is 5.75 Å². The van der Waals surface area contributed by atoms with Gasteiger partial charge in [0.05, 0.1) is 11.2 Å². The lowest BCUT2D eigenvalue weighted by molar-refractivity contribution is 0.476. The normalized spacial score (nSPS) is 11.1. The summed E-state index contributed by atoms with van der Waals surface area (Å²) >= 11 is 0. The zero-order valence-corrected chi connectivity index (χ0v) is 13.7. The van der Waals surface area contributed by atoms with E-state index in [0.717, 1.165) is 38.6 Å². The first kappa shape index (κ1) is 14.5. The summed E-state index contributed by atoms with van der Waals surface area (Å²) in [5.41, 5.74) is 4.10. The number of benzene rings is 3. The first-order valence-corrected chi connectivity index (χ1v) is 7.93. The summed E-state index contributed by atoms with van der Waals surface area (Å²) in [6, 6.07) is 21.9. The summed E-state index contributed by atoms with van der Waals surface area (Å²) in [5.74, 6) is 0.271. The monoisotopic (exact) mass is 314 g/mol. The Morgan fingerprint density at radius 2 is 1.54 bits per heavy atom. The molecule has 0 aliphatic carbocycles. The molecule has 1 heterocycles. The molecule has 3 nitrogen and oxygen atoms in total. The number of anilines is 1. The fraction of sp³-hybridized carbons (Fsp3) is 0.0952. The second-order valence-corrected chi connectivity index (χ2v) is 6.15. The van der Waals surface area contributed by atoms with Crippen LogP contribution in [0.5, 0.6) is 5.75 Å². The van der Waals surface area contributed by atoms with Gasteiger partial charge in [0.1, 0.15) is 5.75 Å². The van der Waals surface area contributed by atoms with E-state index in [1.807, 2.05) is 50.5 Å². The van der Waals surface area contributed by atoms with Crippen molar-refractivity contribution in [2.45, 2.75) is 0 Å². The molecule has 0 bridgehead atoms. The maximum absolute atomic E-state index is 9.92. The Bertz CT molecular complexity index is 1040. The molecule has 0 fully saturated rings. The summed E-state index contributed by atoms with van der Waals surface area (Å²) < 4.78 is 0. The Morgan fingerprint density at radius 3 is 2.29 bits per heavy atom. The summed E-state index contributed by atoms with van der Waals surface area (Å²) in [5, 5.41) is 13.0. The van der Waals surface area contributed by atoms with Gasteiger partial charge in [0.15, 0.2) is 0 Å². The summed E-state index contributed by atoms with van der Waals surface area (Å²) in [6.07, 6.45) is 0. The zero-order chi connectivity index (χ0) is 16.7. The van der Waals surface area contributed by atoms with Crippen LogP contribution in [-0.2, 0) is 0 Å². The number of fused-ring (bicyclic) bond motifs is 3. The van der Waals surface area contributed by atoms with E-state index in [1.165, 1.54) is 0 Å². The molecule has 0 saturated heterocycles. The molecular weight excluding hydrogens is 296 g/mol. The van der Waals surface area contributed by atoms with Crippen LogP contribution < -0.4 is 4.90 Å². The molecule has 3 heteroatoms. The van der Waals surface area contributed by atoms with Gasteiger partial charge in [-0.15, -0.1) is 0 Å². The molecule has 1 N–H and O–H groups in total. The smallest absolute Gasteiger partial charge is 0.116 e. The maximum Gasteiger partial charge on any atom is 0.116 e. The van der Waals surface area contributed by atoms with E-state index >= 15 is 0 Å². The van der Waals surface area contributed by atoms with E-state index < -0.39 is 0 Å². The van der Waals surface area contributed by atoms with Crippen molar-refractivity contribution < 1.29 is 5.11 Å². The number of phenolic OH excluding ortho intramolecular Hbond substituents is 1. The quantitative estimate of drug-likeness (QED) is 0.539. The van der Waals surface area contributed by atoms with Crippen LogP contribution in [0, 0.1) is 0 Å². The third-order valence-electron chi connectivity index (χ3n) is 4.34. The van der Waals surface area contributed by atoms with Crippen molar-refractivity contribution in [1.82, 2.24) is 4.98 Å². The highest BCUT2D eigenvalue weighted by molar-refractivity contribution is 6.11. The number of hydrogen-bond acceptors (Lipinski definition) is 3. The van der Waals surface area contributed by atoms with Gasteiger partial charge in [-0.2, -0.15) is 0 Å². The van der Waals surface area contributed by atoms with Crippen LogP contribution in [-0.4, -0.2) is 24.2 Å². The van der Waals surface area contributed by atoms with Gasteiger partial charge in [0.2, 0.25) is 0 Å². The number of aromatic nitrogens is 1. The minimum absolute atomic E-state index is 0.271. The average Bonchev–Trinajstić information content (AvgIpc) is 2.61. The van der Waals surface area contributed by atoms with Crippen LogP contribution in [0.25, 0.3) is 32.9 Å². The van der Waals surface area contributed by atoms with Crippen LogP contribution in [0.15, 0.2) is 66.7 Å². The summed E-state index contributed by atoms with van der Waals surface area (Å²) in [7, 11) is 4.06. The minimum atomic E-state index is 0.271. The van der Waals surface area contributed by atoms with Crippen molar-refractivity contribution >= 4 is 27.4 Å². The van der Waals surface area contributed by atoms with Crippen LogP contribution in [0.1, 0.15) is 0 Å². The van der Waals surface area contributed by atoms with Crippen molar-refractivity contribution in [3.8, 4) is 17.0 Å². The summed E-state index contributed by atoms with van der Waals surface area (Å²) in [6.45, 7) is 0. The SMILES string of the molecule is CN(C)c1ccc(-c2nc3ccccc3c3cc(O)ccc23)cc1. The van der Waals surface area contributed by atoms with Crippen molar-refractivity contribution in [3.05, 3.63) is 66.7 Å². The molecule has 24 heavy (non-hydrogen) atoms. The van der Waals surface area contributed by atoms with Crippen LogP contribution in [0.3, 0.4) is 0 Å². The fourth-order valence-electron chi connectivity index (χ4n) is 3.08. The topological polar surface area (TPSA) is 36.4 Å². The standard InChI is InChI=1S/C21H18N2O/c1-23(2)15-9-7-14(8-10-15)21-18-12-11-16(24)13-19(18)17-5-3-4-6-20(17)22-21/h3-13,24H,1-2H3. The number of rotatable bonds is 2. The molecule has 118 valence electrons. The van der Waals surface area contributed by atoms with Crippen molar-refractivity contribution in [1.29, 1.82) is 0 Å². The van der Waals surface area contributed by atoms with E-state index in [4.69, 9.17) is 4.98 Å². The van der Waals surface area contributed by atoms with Gasteiger partial charge < -0.3 is 10.0 Å². The Labute approximate surface area is 140 Å². The minimum Gasteiger partial charge on any atom is -0.508 e. The van der Waals surface area contributed by atoms with Crippen molar-refractivity contribution in [3.63, 3.8) is 0 Å². The number of phenols is 1. The molecule has 1 aromatic heterocycles. The number of pyridine rings is 1. The molecular formula is C21H18N2O. The van der Waals surface area contributed by atoms with Crippen molar-refractivity contribution in [2.75, 3.05) is 19.0 Å². The number of para-hydroxylation sites is 1. The van der Waals surface area contributed by atoms with E-state index in [9.17, 15) is 5.11 Å². The second-order valence-electron chi connectivity index (χ2n) is 6.15. The first-order chi connectivity index (χ1) is 11.6. The molecule has 3 aromatic carbocycles. The Morgan fingerprint density at radius 1 is 0.792 bits per heavy atom. The number of hydrogen-bond donors (Lipinski definition) is 1. The highest BCUT2D eigenvalue weighted by Crippen LogP contribution is 2.34. The molecule has 0 atom stereocenters. The molecule has 0 saturated carbocycles. The predicted molar refractivity (Wildman–Crippen MR) is 101 cm³/mol. The molecule has 0 unspecified atom stereocenters. The first-order valence-electron chi connectivity index (χ1n) is 7.93. The lowest BCUT2D eigenvalue weighted by Gasteiger charge is -2.14. The highest BCUT2D eigenvalue weighted by atomic mass is 16.3. The molecule has 4 rings (SSSR count). The molecule has 0 spiro atoms. The van der Waals surface area contributed by atoms with E-state index in [0.29, 0.717) is 0 Å². The molecule has 0 aliphatic rings.